The minimum absolute atomic E-state index is 0.784. The van der Waals surface area contributed by atoms with Crippen LogP contribution < -0.4 is 10.6 Å². The van der Waals surface area contributed by atoms with Crippen LogP contribution in [0.2, 0.25) is 0 Å². The summed E-state index contributed by atoms with van der Waals surface area (Å²) in [6, 6.07) is 12.6. The van der Waals surface area contributed by atoms with Crippen LogP contribution in [-0.2, 0) is 0 Å². The molecule has 30 heavy (non-hydrogen) atoms. The number of hydrogen-bond acceptors (Lipinski definition) is 5. The molecule has 0 bridgehead atoms. The molecule has 1 aromatic carbocycles. The number of benzene rings is 1. The van der Waals surface area contributed by atoms with Gasteiger partial charge in [-0.1, -0.05) is 36.9 Å². The fourth-order valence-corrected chi connectivity index (χ4v) is 3.11. The molecule has 5 nitrogen and oxygen atoms in total. The van der Waals surface area contributed by atoms with Crippen molar-refractivity contribution in [2.45, 2.75) is 6.92 Å². The van der Waals surface area contributed by atoms with E-state index < -0.39 is 0 Å². The third-order valence-corrected chi connectivity index (χ3v) is 4.56. The average molecular weight is 404 g/mol. The maximum atomic E-state index is 4.96. The molecule has 5 heteroatoms. The monoisotopic (exact) mass is 403 g/mol. The van der Waals surface area contributed by atoms with Crippen molar-refractivity contribution in [3.05, 3.63) is 72.5 Å². The zero-order valence-corrected chi connectivity index (χ0v) is 18.7. The van der Waals surface area contributed by atoms with Crippen molar-refractivity contribution in [1.29, 1.82) is 0 Å². The van der Waals surface area contributed by atoms with Crippen molar-refractivity contribution in [2.75, 3.05) is 46.6 Å². The lowest BCUT2D eigenvalue weighted by molar-refractivity contribution is 0.566. The van der Waals surface area contributed by atoms with Gasteiger partial charge in [0, 0.05) is 57.8 Å². The molecule has 0 aliphatic heterocycles. The SMILES string of the molecule is C=C/C(=C\N(C)C)c1cccc(-c2ccc(/C(C=NC)=C/C)c(NCCNC)n2)c1. The predicted molar refractivity (Wildman–Crippen MR) is 132 cm³/mol. The largest absolute Gasteiger partial charge is 0.383 e. The molecule has 0 saturated heterocycles. The quantitative estimate of drug-likeness (QED) is 0.347. The van der Waals surface area contributed by atoms with Crippen molar-refractivity contribution < 1.29 is 0 Å². The van der Waals surface area contributed by atoms with Gasteiger partial charge in [0.25, 0.3) is 0 Å². The topological polar surface area (TPSA) is 52.5 Å². The predicted octanol–water partition coefficient (Wildman–Crippen LogP) is 4.57. The zero-order chi connectivity index (χ0) is 21.9. The summed E-state index contributed by atoms with van der Waals surface area (Å²) < 4.78 is 0. The first-order valence-corrected chi connectivity index (χ1v) is 10.1. The lowest BCUT2D eigenvalue weighted by atomic mass is 10.0. The molecule has 1 aromatic heterocycles. The van der Waals surface area contributed by atoms with Crippen LogP contribution in [0.1, 0.15) is 18.1 Å². The zero-order valence-electron chi connectivity index (χ0n) is 18.7. The summed E-state index contributed by atoms with van der Waals surface area (Å²) in [5, 5.41) is 6.62. The van der Waals surface area contributed by atoms with E-state index in [9.17, 15) is 0 Å². The summed E-state index contributed by atoms with van der Waals surface area (Å²) in [7, 11) is 7.74. The molecule has 1 heterocycles. The van der Waals surface area contributed by atoms with Gasteiger partial charge in [0.1, 0.15) is 5.82 Å². The summed E-state index contributed by atoms with van der Waals surface area (Å²) in [4.78, 5) is 11.2. The Bertz CT molecular complexity index is 938. The van der Waals surface area contributed by atoms with Crippen LogP contribution in [0.3, 0.4) is 0 Å². The number of nitrogens with one attached hydrogen (secondary N) is 2. The molecule has 0 atom stereocenters. The third-order valence-electron chi connectivity index (χ3n) is 4.56. The maximum absolute atomic E-state index is 4.96. The summed E-state index contributed by atoms with van der Waals surface area (Å²) in [6.45, 7) is 7.61. The molecule has 0 fully saturated rings. The lowest BCUT2D eigenvalue weighted by Crippen LogP contribution is -2.19. The number of aliphatic imine (C=N–C) groups is 1. The van der Waals surface area contributed by atoms with Crippen LogP contribution >= 0.6 is 0 Å². The van der Waals surface area contributed by atoms with Gasteiger partial charge in [0.15, 0.2) is 0 Å². The number of likely N-dealkylation sites (N-methyl/N-ethyl adjacent to an activating group) is 1. The smallest absolute Gasteiger partial charge is 0.134 e. The second-order valence-corrected chi connectivity index (χ2v) is 7.09. The average Bonchev–Trinajstić information content (AvgIpc) is 2.76. The van der Waals surface area contributed by atoms with Crippen LogP contribution in [0.25, 0.3) is 22.4 Å². The molecule has 0 aliphatic rings. The van der Waals surface area contributed by atoms with E-state index in [1.807, 2.05) is 45.3 Å². The Hall–Kier alpha value is -3.18. The second kappa shape index (κ2) is 11.7. The Balaban J connectivity index is 2.50. The lowest BCUT2D eigenvalue weighted by Gasteiger charge is -2.14. The number of pyridine rings is 1. The second-order valence-electron chi connectivity index (χ2n) is 7.09. The van der Waals surface area contributed by atoms with Gasteiger partial charge in [-0.25, -0.2) is 4.98 Å². The highest BCUT2D eigenvalue weighted by molar-refractivity contribution is 6.11. The van der Waals surface area contributed by atoms with Crippen molar-refractivity contribution in [2.24, 2.45) is 4.99 Å². The van der Waals surface area contributed by atoms with E-state index in [1.165, 1.54) is 0 Å². The van der Waals surface area contributed by atoms with E-state index in [-0.39, 0.29) is 0 Å². The van der Waals surface area contributed by atoms with Crippen LogP contribution in [-0.4, -0.2) is 57.4 Å². The highest BCUT2D eigenvalue weighted by Crippen LogP contribution is 2.28. The van der Waals surface area contributed by atoms with E-state index in [4.69, 9.17) is 4.98 Å². The Morgan fingerprint density at radius 2 is 1.97 bits per heavy atom. The number of nitrogens with zero attached hydrogens (tertiary/aromatic N) is 3. The van der Waals surface area contributed by atoms with Gasteiger partial charge < -0.3 is 15.5 Å². The Kier molecular flexibility index (Phi) is 9.03. The molecule has 2 N–H and O–H groups in total. The molecular weight excluding hydrogens is 370 g/mol. The summed E-state index contributed by atoms with van der Waals surface area (Å²) in [5.74, 6) is 0.855. The Morgan fingerprint density at radius 1 is 1.17 bits per heavy atom. The minimum atomic E-state index is 0.784. The van der Waals surface area contributed by atoms with E-state index >= 15 is 0 Å². The van der Waals surface area contributed by atoms with Gasteiger partial charge in [-0.15, -0.1) is 0 Å². The summed E-state index contributed by atoms with van der Waals surface area (Å²) in [6.07, 6.45) is 7.86. The third kappa shape index (κ3) is 6.16. The Labute approximate surface area is 181 Å². The van der Waals surface area contributed by atoms with E-state index in [0.29, 0.717) is 0 Å². The van der Waals surface area contributed by atoms with Crippen LogP contribution in [0.15, 0.2) is 66.3 Å². The molecule has 0 radical (unpaired) electrons. The Morgan fingerprint density at radius 3 is 2.60 bits per heavy atom. The highest BCUT2D eigenvalue weighted by Gasteiger charge is 2.11. The minimum Gasteiger partial charge on any atom is -0.383 e. The van der Waals surface area contributed by atoms with Gasteiger partial charge >= 0.3 is 0 Å². The molecule has 2 aromatic rings. The number of hydrogen-bond donors (Lipinski definition) is 2. The number of aromatic nitrogens is 1. The van der Waals surface area contributed by atoms with Gasteiger partial charge in [-0.3, -0.25) is 4.99 Å². The molecule has 0 aliphatic carbocycles. The first-order chi connectivity index (χ1) is 14.5. The molecule has 0 saturated carbocycles. The molecule has 158 valence electrons. The van der Waals surface area contributed by atoms with Gasteiger partial charge in [0.05, 0.1) is 5.69 Å². The number of rotatable bonds is 10. The molecule has 0 spiro atoms. The van der Waals surface area contributed by atoms with Gasteiger partial charge in [-0.2, -0.15) is 0 Å². The first-order valence-electron chi connectivity index (χ1n) is 10.1. The van der Waals surface area contributed by atoms with Gasteiger partial charge in [0.2, 0.25) is 0 Å². The molecule has 0 unspecified atom stereocenters. The standard InChI is InChI=1S/C25H33N5/c1-7-19(17-27-4)23-12-13-24(29-25(23)28-15-14-26-3)22-11-9-10-21(16-22)20(8-2)18-30(5)6/h7-13,16-18,26H,2,14-15H2,1,3-6H3,(H,28,29)/b19-7+,20-18+,27-17?. The van der Waals surface area contributed by atoms with Crippen molar-refractivity contribution >= 4 is 23.2 Å². The molecular formula is C25H33N5. The number of anilines is 1. The van der Waals surface area contributed by atoms with Crippen molar-refractivity contribution in [3.8, 4) is 11.3 Å². The summed E-state index contributed by atoms with van der Waals surface area (Å²) >= 11 is 0. The van der Waals surface area contributed by atoms with Crippen molar-refractivity contribution in [3.63, 3.8) is 0 Å². The normalized spacial score (nSPS) is 12.3. The summed E-state index contributed by atoms with van der Waals surface area (Å²) in [5.41, 5.74) is 6.25. The highest BCUT2D eigenvalue weighted by atomic mass is 15.0. The molecule has 0 amide bonds. The fourth-order valence-electron chi connectivity index (χ4n) is 3.11. The molecule has 2 rings (SSSR count). The van der Waals surface area contributed by atoms with Crippen LogP contribution in [0.5, 0.6) is 0 Å². The van der Waals surface area contributed by atoms with Crippen LogP contribution in [0, 0.1) is 0 Å². The van der Waals surface area contributed by atoms with Crippen LogP contribution in [0.4, 0.5) is 5.82 Å². The van der Waals surface area contributed by atoms with E-state index in [0.717, 1.165) is 52.4 Å². The van der Waals surface area contributed by atoms with Crippen molar-refractivity contribution in [1.82, 2.24) is 15.2 Å². The first kappa shape index (κ1) is 23.1. The maximum Gasteiger partial charge on any atom is 0.134 e. The van der Waals surface area contributed by atoms with Gasteiger partial charge in [-0.05, 0) is 48.9 Å². The fraction of sp³-hybridized carbons (Fsp3) is 0.280. The number of allylic oxidation sites excluding steroid dienone is 4. The van der Waals surface area contributed by atoms with E-state index in [1.54, 1.807) is 7.05 Å². The van der Waals surface area contributed by atoms with E-state index in [2.05, 4.69) is 70.9 Å².